The van der Waals surface area contributed by atoms with Gasteiger partial charge in [0.15, 0.2) is 0 Å². The zero-order valence-electron chi connectivity index (χ0n) is 15.8. The Bertz CT molecular complexity index is 331. The largest absolute Gasteiger partial charge is 0.480 e. The van der Waals surface area contributed by atoms with Crippen LogP contribution in [0, 0.1) is 0 Å². The molecule has 0 aliphatic carbocycles. The zero-order valence-corrected chi connectivity index (χ0v) is 18.2. The molecule has 0 bridgehead atoms. The van der Waals surface area contributed by atoms with E-state index in [9.17, 15) is 4.79 Å². The number of carbonyl (C=O) groups is 1. The lowest BCUT2D eigenvalue weighted by Crippen LogP contribution is -2.28. The minimum atomic E-state index is -0.818. The Labute approximate surface area is 163 Å². The van der Waals surface area contributed by atoms with E-state index in [2.05, 4.69) is 20.1 Å². The summed E-state index contributed by atoms with van der Waals surface area (Å²) in [5.74, 6) is 0.206. The van der Waals surface area contributed by atoms with E-state index in [1.807, 2.05) is 0 Å². The monoisotopic (exact) mass is 392 g/mol. The first-order chi connectivity index (χ1) is 11.4. The molecule has 0 aliphatic rings. The van der Waals surface area contributed by atoms with Crippen LogP contribution in [0.25, 0.3) is 0 Å². The van der Waals surface area contributed by atoms with Crippen molar-refractivity contribution in [3.05, 3.63) is 13.2 Å². The molecule has 0 rings (SSSR count). The van der Waals surface area contributed by atoms with Crippen molar-refractivity contribution < 1.29 is 9.90 Å². The minimum absolute atomic E-state index is 0.753. The maximum Gasteiger partial charge on any atom is 0.319 e. The number of thiocarbonyl (C=S) groups is 1. The molecule has 0 aromatic carbocycles. The molecule has 5 heteroatoms. The van der Waals surface area contributed by atoms with E-state index in [1.54, 1.807) is 25.6 Å². The SMILES string of the molecule is C=C.CCCCCCCCCCCCSC(=S)SC(C)(C)C(=O)O. The van der Waals surface area contributed by atoms with Gasteiger partial charge in [-0.05, 0) is 26.0 Å². The van der Waals surface area contributed by atoms with Crippen LogP contribution in [-0.2, 0) is 4.79 Å². The van der Waals surface area contributed by atoms with Gasteiger partial charge >= 0.3 is 5.97 Å². The van der Waals surface area contributed by atoms with Crippen LogP contribution in [0.2, 0.25) is 0 Å². The van der Waals surface area contributed by atoms with Crippen LogP contribution in [0.1, 0.15) is 85.0 Å². The molecular formula is C19H36O2S3. The fraction of sp³-hybridized carbons (Fsp3) is 0.789. The number of rotatable bonds is 13. The minimum Gasteiger partial charge on any atom is -0.480 e. The molecular weight excluding hydrogens is 356 g/mol. The van der Waals surface area contributed by atoms with Crippen molar-refractivity contribution in [3.63, 3.8) is 0 Å². The van der Waals surface area contributed by atoms with Gasteiger partial charge in [0.2, 0.25) is 0 Å². The number of hydrogen-bond donors (Lipinski definition) is 1. The molecule has 0 radical (unpaired) electrons. The average Bonchev–Trinajstić information content (AvgIpc) is 2.54. The first kappa shape index (κ1) is 26.2. The van der Waals surface area contributed by atoms with Gasteiger partial charge in [0.1, 0.15) is 8.28 Å². The van der Waals surface area contributed by atoms with Gasteiger partial charge in [0.25, 0.3) is 0 Å². The molecule has 1 N–H and O–H groups in total. The lowest BCUT2D eigenvalue weighted by molar-refractivity contribution is -0.138. The van der Waals surface area contributed by atoms with Gasteiger partial charge in [-0.25, -0.2) is 0 Å². The Morgan fingerprint density at radius 1 is 0.958 bits per heavy atom. The summed E-state index contributed by atoms with van der Waals surface area (Å²) in [5.41, 5.74) is 0. The normalized spacial score (nSPS) is 10.8. The van der Waals surface area contributed by atoms with Gasteiger partial charge in [-0.2, -0.15) is 0 Å². The number of thioether (sulfide) groups is 2. The fourth-order valence-electron chi connectivity index (χ4n) is 2.03. The van der Waals surface area contributed by atoms with E-state index in [1.165, 1.54) is 76.0 Å². The zero-order chi connectivity index (χ0) is 18.8. The summed E-state index contributed by atoms with van der Waals surface area (Å²) in [6.07, 6.45) is 13.4. The standard InChI is InChI=1S/C17H32O2S3.C2H4/c1-4-5-6-7-8-9-10-11-12-13-14-21-16(20)22-17(2,3)15(18)19;1-2/h4-14H2,1-3H3,(H,18,19);1-2H2. The van der Waals surface area contributed by atoms with Crippen molar-refractivity contribution in [3.8, 4) is 0 Å². The molecule has 0 amide bonds. The van der Waals surface area contributed by atoms with Crippen molar-refractivity contribution >= 4 is 45.2 Å². The highest BCUT2D eigenvalue weighted by molar-refractivity contribution is 8.47. The second-order valence-electron chi connectivity index (χ2n) is 6.20. The first-order valence-corrected chi connectivity index (χ1v) is 11.2. The molecule has 0 unspecified atom stereocenters. The molecule has 2 nitrogen and oxygen atoms in total. The smallest absolute Gasteiger partial charge is 0.319 e. The number of unbranched alkanes of at least 4 members (excludes halogenated alkanes) is 9. The van der Waals surface area contributed by atoms with E-state index < -0.39 is 10.7 Å². The topological polar surface area (TPSA) is 37.3 Å². The maximum atomic E-state index is 11.0. The van der Waals surface area contributed by atoms with Gasteiger partial charge in [-0.15, -0.1) is 24.9 Å². The van der Waals surface area contributed by atoms with Crippen LogP contribution in [0.3, 0.4) is 0 Å². The Kier molecular flexibility index (Phi) is 19.5. The third-order valence-corrected chi connectivity index (χ3v) is 6.36. The third-order valence-electron chi connectivity index (χ3n) is 3.57. The number of carboxylic acids is 1. The van der Waals surface area contributed by atoms with E-state index >= 15 is 0 Å². The Morgan fingerprint density at radius 3 is 1.79 bits per heavy atom. The molecule has 24 heavy (non-hydrogen) atoms. The molecule has 0 aliphatic heterocycles. The number of aliphatic carboxylic acids is 1. The summed E-state index contributed by atoms with van der Waals surface area (Å²) >= 11 is 8.17. The summed E-state index contributed by atoms with van der Waals surface area (Å²) in [5, 5.41) is 9.06. The Balaban J connectivity index is 0. The molecule has 142 valence electrons. The molecule has 0 atom stereocenters. The van der Waals surface area contributed by atoms with Crippen LogP contribution in [0.4, 0.5) is 0 Å². The molecule has 0 saturated carbocycles. The maximum absolute atomic E-state index is 11.0. The predicted octanol–water partition coefficient (Wildman–Crippen LogP) is 7.32. The Hall–Kier alpha value is -0.000000000000000111. The molecule has 0 saturated heterocycles. The predicted molar refractivity (Wildman–Crippen MR) is 117 cm³/mol. The van der Waals surface area contributed by atoms with E-state index in [-0.39, 0.29) is 0 Å². The van der Waals surface area contributed by atoms with Crippen molar-refractivity contribution in [2.24, 2.45) is 0 Å². The summed E-state index contributed by atoms with van der Waals surface area (Å²) < 4.78 is -0.0645. The van der Waals surface area contributed by atoms with E-state index in [0.717, 1.165) is 9.28 Å². The van der Waals surface area contributed by atoms with Crippen LogP contribution in [0.5, 0.6) is 0 Å². The van der Waals surface area contributed by atoms with E-state index in [4.69, 9.17) is 17.3 Å². The van der Waals surface area contributed by atoms with E-state index in [0.29, 0.717) is 0 Å². The van der Waals surface area contributed by atoms with Crippen molar-refractivity contribution in [1.29, 1.82) is 0 Å². The average molecular weight is 393 g/mol. The molecule has 0 aromatic rings. The molecule has 0 heterocycles. The summed E-state index contributed by atoms with van der Waals surface area (Å²) in [6.45, 7) is 11.7. The third kappa shape index (κ3) is 16.8. The summed E-state index contributed by atoms with van der Waals surface area (Å²) in [7, 11) is 0. The molecule has 0 spiro atoms. The summed E-state index contributed by atoms with van der Waals surface area (Å²) in [4.78, 5) is 11.0. The van der Waals surface area contributed by atoms with Gasteiger partial charge in [0, 0.05) is 0 Å². The second-order valence-corrected chi connectivity index (χ2v) is 10.1. The van der Waals surface area contributed by atoms with Crippen molar-refractivity contribution in [2.45, 2.75) is 89.7 Å². The van der Waals surface area contributed by atoms with Crippen LogP contribution in [0.15, 0.2) is 13.2 Å². The second kappa shape index (κ2) is 17.8. The first-order valence-electron chi connectivity index (χ1n) is 8.99. The number of hydrogen-bond acceptors (Lipinski definition) is 4. The molecule has 0 aromatic heterocycles. The highest BCUT2D eigenvalue weighted by atomic mass is 32.2. The quantitative estimate of drug-likeness (QED) is 0.202. The lowest BCUT2D eigenvalue weighted by Gasteiger charge is -2.18. The number of carboxylic acid groups (broad SMARTS) is 1. The van der Waals surface area contributed by atoms with Gasteiger partial charge in [-0.1, -0.05) is 88.7 Å². The lowest BCUT2D eigenvalue weighted by atomic mass is 10.1. The van der Waals surface area contributed by atoms with Crippen LogP contribution in [-0.4, -0.2) is 25.1 Å². The highest BCUT2D eigenvalue weighted by Crippen LogP contribution is 2.31. The van der Waals surface area contributed by atoms with Crippen molar-refractivity contribution in [2.75, 3.05) is 5.75 Å². The van der Waals surface area contributed by atoms with Crippen LogP contribution < -0.4 is 0 Å². The van der Waals surface area contributed by atoms with Gasteiger partial charge in [-0.3, -0.25) is 4.79 Å². The Morgan fingerprint density at radius 2 is 1.38 bits per heavy atom. The highest BCUT2D eigenvalue weighted by Gasteiger charge is 2.29. The molecule has 0 fully saturated rings. The van der Waals surface area contributed by atoms with Crippen LogP contribution >= 0.6 is 35.7 Å². The van der Waals surface area contributed by atoms with Gasteiger partial charge < -0.3 is 5.11 Å². The van der Waals surface area contributed by atoms with Gasteiger partial charge in [0.05, 0.1) is 0 Å². The van der Waals surface area contributed by atoms with Crippen molar-refractivity contribution in [1.82, 2.24) is 0 Å². The fourth-order valence-corrected chi connectivity index (χ4v) is 5.03. The summed E-state index contributed by atoms with van der Waals surface area (Å²) in [6, 6.07) is 0.